The smallest absolute Gasteiger partial charge is 0.246 e. The molecular formula is C95H154N26O19S3. The third-order valence-corrected chi connectivity index (χ3v) is 28.4. The van der Waals surface area contributed by atoms with Crippen LogP contribution in [0, 0.1) is 28.6 Å². The van der Waals surface area contributed by atoms with Crippen LogP contribution >= 0.6 is 33.3 Å². The van der Waals surface area contributed by atoms with Crippen molar-refractivity contribution in [2.24, 2.45) is 52.2 Å². The van der Waals surface area contributed by atoms with Gasteiger partial charge in [-0.05, 0) is 202 Å². The van der Waals surface area contributed by atoms with Crippen LogP contribution in [-0.4, -0.2) is 316 Å². The van der Waals surface area contributed by atoms with Gasteiger partial charge in [-0.15, -0.1) is 0 Å². The minimum Gasteiger partial charge on any atom is -0.394 e. The Morgan fingerprint density at radius 3 is 1.42 bits per heavy atom. The lowest BCUT2D eigenvalue weighted by atomic mass is 10.0. The first-order valence-electron chi connectivity index (χ1n) is 49.6. The molecule has 0 bridgehead atoms. The first kappa shape index (κ1) is 120. The number of hydrogen-bond acceptors (Lipinski definition) is 26. The van der Waals surface area contributed by atoms with Gasteiger partial charge in [0.1, 0.15) is 90.6 Å². The van der Waals surface area contributed by atoms with Gasteiger partial charge in [-0.1, -0.05) is 112 Å². The summed E-state index contributed by atoms with van der Waals surface area (Å²) >= 11 is 1.36. The van der Waals surface area contributed by atoms with E-state index in [4.69, 9.17) is 45.2 Å². The van der Waals surface area contributed by atoms with Crippen LogP contribution in [0.15, 0.2) is 54.6 Å². The monoisotopic (exact) mass is 2060 g/mol. The molecule has 0 aromatic heterocycles. The van der Waals surface area contributed by atoms with E-state index in [0.29, 0.717) is 81.2 Å². The Labute approximate surface area is 848 Å². The van der Waals surface area contributed by atoms with Gasteiger partial charge < -0.3 is 134 Å². The largest absolute Gasteiger partial charge is 0.394 e. The summed E-state index contributed by atoms with van der Waals surface area (Å²) in [5.41, 5.74) is 36.2. The average molecular weight is 2060 g/mol. The second kappa shape index (κ2) is 62.8. The molecule has 4 saturated heterocycles. The molecule has 48 heteroatoms. The molecule has 1 unspecified atom stereocenters. The molecule has 29 N–H and O–H groups in total. The number of thioether (sulfide) groups is 1. The molecule has 4 fully saturated rings. The van der Waals surface area contributed by atoms with Crippen LogP contribution in [0.4, 0.5) is 5.69 Å². The number of unbranched alkanes of at least 4 members (excludes halogenated alkanes) is 3. The van der Waals surface area contributed by atoms with Crippen molar-refractivity contribution in [3.8, 4) is 0 Å². The van der Waals surface area contributed by atoms with E-state index in [1.54, 1.807) is 58.2 Å². The highest BCUT2D eigenvalue weighted by Crippen LogP contribution is 2.31. The van der Waals surface area contributed by atoms with Gasteiger partial charge in [0.25, 0.3) is 0 Å². The third kappa shape index (κ3) is 40.1. The van der Waals surface area contributed by atoms with Gasteiger partial charge in [0.15, 0.2) is 11.9 Å². The van der Waals surface area contributed by atoms with E-state index in [1.807, 2.05) is 37.3 Å². The molecule has 143 heavy (non-hydrogen) atoms. The van der Waals surface area contributed by atoms with Gasteiger partial charge in [0, 0.05) is 76.2 Å². The molecule has 18 amide bonds. The van der Waals surface area contributed by atoms with Gasteiger partial charge in [-0.3, -0.25) is 97.1 Å². The fourth-order valence-corrected chi connectivity index (χ4v) is 20.2. The average Bonchev–Trinajstić information content (AvgIpc) is 1.44. The standard InChI is InChI=1S/C95H154N26O19S3/c1-9-10-25-67(90(137)118-44-19-29-72(118)87(134)106-57(6)80(127)117-71(53-122)79(99)126)114-83(130)63(26-14-16-41-96)109-82(129)64(28-18-43-104-94(100)101)110-86(133)70(50-55(2)3)116-85(132)66(111-84(131)65(39-48-141-8)112-88(135)74-31-21-46-120(74)93(140)77(56(4)5)107-58(7)123)40-49-142-143-54-61(52-105-76(124)38-35-59-23-12-11-13-24-59)81(128)113-68(27-15-17-42-97)91(138)121-47-22-32-75(121)92(139)119-45-20-30-73(119)89(136)115-69(78(98)125)51-60-33-36-62(37-34-60)108-95(102)103/h11-13,23-24,33-34,36-37,55-57,61,63-75,77,122H,9-10,14-22,25-32,35,38-54,96-97H2,1-8H3,(H2,98,125)(H2,99,126)(H,105,124)(H,106,134)(H,107,123)(H,109,129)(H,110,133)(H,111,131)(H,112,135)(H,113,128)(H,114,130)(H,115,136)(H,116,132)(H,117,127)(H4,100,101,104)(H4,102,103,108)/t57-,61?,63-,64-,65-,66-,67-,68-,69-,70-,71-,72-,73-,74-,75-,77-/m0/s1. The summed E-state index contributed by atoms with van der Waals surface area (Å²) in [7, 11) is 2.33. The zero-order valence-electron chi connectivity index (χ0n) is 83.5. The fourth-order valence-electron chi connectivity index (χ4n) is 17.4. The van der Waals surface area contributed by atoms with Crippen LogP contribution in [0.5, 0.6) is 0 Å². The van der Waals surface area contributed by atoms with Crippen LogP contribution < -0.4 is 109 Å². The SMILES string of the molecule is CCCC[C@H](NC(=O)[C@H](CCCCN)NC(=O)[C@H](CCCNC(=N)N)NC(=O)[C@H](CC(C)C)NC(=O)[C@H](CCSSCC(CNC(=O)CCc1ccccc1)C(=O)N[C@@H](CCCCN)C(=O)N1CCC[C@H]1C(=O)N1CCC[C@H]1C(=O)N[C@@H](Cc1ccc(NC(=N)N)cc1)C(N)=O)NC(=O)[C@H](CCSC)NC(=O)[C@@H]1CCCN1C(=O)[C@@H](NC(C)=O)C(C)C)C(=O)N1CCC[C@H]1C(=O)N[C@@H](C)C(=O)N[C@@H](CO)C(N)=O. The highest BCUT2D eigenvalue weighted by molar-refractivity contribution is 8.76. The van der Waals surface area contributed by atoms with E-state index in [0.717, 1.165) is 16.4 Å². The maximum Gasteiger partial charge on any atom is 0.246 e. The van der Waals surface area contributed by atoms with E-state index in [-0.39, 0.29) is 178 Å². The number of rotatable bonds is 63. The summed E-state index contributed by atoms with van der Waals surface area (Å²) in [4.78, 5) is 262. The summed E-state index contributed by atoms with van der Waals surface area (Å²) in [5.74, 6) is -14.9. The molecule has 16 atom stereocenters. The second-order valence-electron chi connectivity index (χ2n) is 37.4. The van der Waals surface area contributed by atoms with Gasteiger partial charge in [0.2, 0.25) is 106 Å². The van der Waals surface area contributed by atoms with Crippen molar-refractivity contribution in [3.63, 3.8) is 0 Å². The van der Waals surface area contributed by atoms with Crippen molar-refractivity contribution in [3.05, 3.63) is 65.7 Å². The summed E-state index contributed by atoms with van der Waals surface area (Å²) in [6.07, 6.45) is 6.94. The van der Waals surface area contributed by atoms with Gasteiger partial charge in [-0.25, -0.2) is 0 Å². The number of benzene rings is 2. The zero-order valence-corrected chi connectivity index (χ0v) is 86.0. The van der Waals surface area contributed by atoms with Crippen molar-refractivity contribution in [2.45, 2.75) is 300 Å². The van der Waals surface area contributed by atoms with Crippen molar-refractivity contribution < 1.29 is 91.4 Å². The predicted molar refractivity (Wildman–Crippen MR) is 545 cm³/mol. The summed E-state index contributed by atoms with van der Waals surface area (Å²) in [6.45, 7) is 11.5. The molecule has 796 valence electrons. The number of anilines is 1. The number of aliphatic hydroxyl groups is 1. The maximum absolute atomic E-state index is 15.5. The molecule has 45 nitrogen and oxygen atoms in total. The van der Waals surface area contributed by atoms with E-state index in [1.165, 1.54) is 56.0 Å². The number of carbonyl (C=O) groups is 18. The lowest BCUT2D eigenvalue weighted by Crippen LogP contribution is -2.61. The quantitative estimate of drug-likeness (QED) is 0.0149. The minimum atomic E-state index is -1.53. The lowest BCUT2D eigenvalue weighted by molar-refractivity contribution is -0.148. The third-order valence-electron chi connectivity index (χ3n) is 25.2. The number of nitrogens with zero attached hydrogens (tertiary/aromatic N) is 4. The van der Waals surface area contributed by atoms with Crippen molar-refractivity contribution >= 4 is 157 Å². The Hall–Kier alpha value is -11.6. The number of nitrogens with two attached hydrogens (primary N) is 6. The molecule has 0 saturated carbocycles. The number of carbonyl (C=O) groups excluding carboxylic acids is 18. The zero-order chi connectivity index (χ0) is 106. The number of nitrogens with one attached hydrogen (secondary N) is 16. The molecule has 4 aliphatic rings. The molecule has 2 aromatic carbocycles. The number of aryl methyl sites for hydroxylation is 1. The van der Waals surface area contributed by atoms with Gasteiger partial charge in [0.05, 0.1) is 12.5 Å². The van der Waals surface area contributed by atoms with E-state index in [9.17, 15) is 62.6 Å². The van der Waals surface area contributed by atoms with Crippen LogP contribution in [0.3, 0.4) is 0 Å². The van der Waals surface area contributed by atoms with Crippen molar-refractivity contribution in [1.82, 2.24) is 88.7 Å². The highest BCUT2D eigenvalue weighted by Gasteiger charge is 2.47. The summed E-state index contributed by atoms with van der Waals surface area (Å²) < 4.78 is 0. The Morgan fingerprint density at radius 2 is 0.909 bits per heavy atom. The van der Waals surface area contributed by atoms with Crippen LogP contribution in [0.1, 0.15) is 207 Å². The normalized spacial score (nSPS) is 18.0. The number of likely N-dealkylation sites (tertiary alicyclic amines) is 4. The van der Waals surface area contributed by atoms with E-state index in [2.05, 4.69) is 74.4 Å². The molecule has 4 heterocycles. The number of amides is 18. The van der Waals surface area contributed by atoms with Crippen LogP contribution in [0.2, 0.25) is 0 Å². The maximum atomic E-state index is 15.5. The predicted octanol–water partition coefficient (Wildman–Crippen LogP) is -1.86. The van der Waals surface area contributed by atoms with Crippen LogP contribution in [-0.2, 0) is 99.1 Å². The lowest BCUT2D eigenvalue weighted by Gasteiger charge is -2.33. The Balaban J connectivity index is 1.30. The minimum absolute atomic E-state index is 0.00460. The number of hydrogen-bond donors (Lipinski definition) is 23. The topological polar surface area (TPSA) is 713 Å². The first-order valence-corrected chi connectivity index (χ1v) is 53.5. The Kier molecular flexibility index (Phi) is 52.7. The first-order chi connectivity index (χ1) is 68.1. The molecule has 6 rings (SSSR count). The van der Waals surface area contributed by atoms with Crippen molar-refractivity contribution in [1.29, 1.82) is 10.8 Å². The number of aliphatic hydroxyl groups excluding tert-OH is 1. The number of guanidine groups is 2. The molecule has 2 aromatic rings. The summed E-state index contributed by atoms with van der Waals surface area (Å²) in [5, 5.41) is 63.4. The second-order valence-corrected chi connectivity index (χ2v) is 41.0. The summed E-state index contributed by atoms with van der Waals surface area (Å²) in [6, 6.07) is -2.86. The fraction of sp³-hybridized carbons (Fsp3) is 0.663. The van der Waals surface area contributed by atoms with Crippen molar-refractivity contribution in [2.75, 3.05) is 87.8 Å². The Bertz CT molecular complexity index is 4610. The van der Waals surface area contributed by atoms with Gasteiger partial charge in [-0.2, -0.15) is 11.8 Å². The van der Waals surface area contributed by atoms with E-state index >= 15 is 28.8 Å². The highest BCUT2D eigenvalue weighted by atomic mass is 33.1. The number of primary amides is 2. The molecule has 0 aliphatic carbocycles. The van der Waals surface area contributed by atoms with Crippen LogP contribution in [0.25, 0.3) is 0 Å². The molecule has 0 radical (unpaired) electrons. The molecule has 4 aliphatic heterocycles. The van der Waals surface area contributed by atoms with Gasteiger partial charge >= 0.3 is 0 Å². The molecular weight excluding hydrogens is 1910 g/mol. The van der Waals surface area contributed by atoms with E-state index < -0.39 is 215 Å². The Morgan fingerprint density at radius 1 is 0.455 bits per heavy atom. The molecule has 0 spiro atoms.